The Balaban J connectivity index is 2.25. The van der Waals surface area contributed by atoms with Gasteiger partial charge in [-0.05, 0) is 42.3 Å². The lowest BCUT2D eigenvalue weighted by atomic mass is 10.1. The molecule has 0 heterocycles. The van der Waals surface area contributed by atoms with Crippen molar-refractivity contribution in [2.75, 3.05) is 11.4 Å². The van der Waals surface area contributed by atoms with Crippen LogP contribution in [0.25, 0.3) is 0 Å². The highest BCUT2D eigenvalue weighted by atomic mass is 35.5. The van der Waals surface area contributed by atoms with Crippen molar-refractivity contribution in [2.24, 2.45) is 5.73 Å². The standard InChI is InChI=1S/C18H19ClN2O3/c1-12-3-2-4-14(9-12)21(8-7-17(20)23)18(24)10-13-5-6-15(22)11-16(13)19/h2-6,9,11,22H,7-8,10H2,1H3,(H2,20,23). The number of benzene rings is 2. The Labute approximate surface area is 145 Å². The molecule has 2 aromatic rings. The van der Waals surface area contributed by atoms with E-state index in [-0.39, 0.29) is 31.0 Å². The molecule has 0 atom stereocenters. The molecule has 0 fully saturated rings. The lowest BCUT2D eigenvalue weighted by molar-refractivity contribution is -0.118. The molecular formula is C18H19ClN2O3. The quantitative estimate of drug-likeness (QED) is 0.843. The van der Waals surface area contributed by atoms with E-state index in [4.69, 9.17) is 17.3 Å². The number of halogens is 1. The predicted octanol–water partition coefficient (Wildman–Crippen LogP) is 2.81. The Bertz CT molecular complexity index is 762. The minimum Gasteiger partial charge on any atom is -0.508 e. The molecule has 0 aliphatic heterocycles. The number of primary amides is 1. The van der Waals surface area contributed by atoms with Gasteiger partial charge in [-0.2, -0.15) is 0 Å². The smallest absolute Gasteiger partial charge is 0.231 e. The maximum absolute atomic E-state index is 12.7. The van der Waals surface area contributed by atoms with Crippen LogP contribution in [0, 0.1) is 6.92 Å². The molecule has 0 saturated heterocycles. The number of aryl methyl sites for hydroxylation is 1. The first-order chi connectivity index (χ1) is 11.4. The molecule has 126 valence electrons. The number of carbonyl (C=O) groups excluding carboxylic acids is 2. The number of nitrogens with zero attached hydrogens (tertiary/aromatic N) is 1. The summed E-state index contributed by atoms with van der Waals surface area (Å²) in [4.78, 5) is 25.4. The largest absolute Gasteiger partial charge is 0.508 e. The molecule has 0 aromatic heterocycles. The number of carbonyl (C=O) groups is 2. The third-order valence-corrected chi connectivity index (χ3v) is 3.93. The predicted molar refractivity (Wildman–Crippen MR) is 94.2 cm³/mol. The van der Waals surface area contributed by atoms with E-state index in [9.17, 15) is 14.7 Å². The molecule has 3 N–H and O–H groups in total. The first kappa shape index (κ1) is 17.8. The Morgan fingerprint density at radius 3 is 2.58 bits per heavy atom. The van der Waals surface area contributed by atoms with Crippen molar-refractivity contribution in [3.05, 3.63) is 58.6 Å². The molecule has 2 aromatic carbocycles. The molecule has 0 radical (unpaired) electrons. The molecule has 0 aliphatic rings. The summed E-state index contributed by atoms with van der Waals surface area (Å²) in [5.41, 5.74) is 7.54. The summed E-state index contributed by atoms with van der Waals surface area (Å²) in [6.45, 7) is 2.13. The highest BCUT2D eigenvalue weighted by Gasteiger charge is 2.18. The monoisotopic (exact) mass is 346 g/mol. The average Bonchev–Trinajstić information content (AvgIpc) is 2.50. The van der Waals surface area contributed by atoms with E-state index in [0.29, 0.717) is 16.3 Å². The normalized spacial score (nSPS) is 10.4. The van der Waals surface area contributed by atoms with Gasteiger partial charge in [-0.1, -0.05) is 29.8 Å². The van der Waals surface area contributed by atoms with E-state index < -0.39 is 5.91 Å². The number of rotatable bonds is 6. The van der Waals surface area contributed by atoms with Gasteiger partial charge in [0.15, 0.2) is 0 Å². The minimum atomic E-state index is -0.469. The fourth-order valence-electron chi connectivity index (χ4n) is 2.35. The van der Waals surface area contributed by atoms with Crippen molar-refractivity contribution in [2.45, 2.75) is 19.8 Å². The van der Waals surface area contributed by atoms with E-state index in [1.54, 1.807) is 6.07 Å². The van der Waals surface area contributed by atoms with Crippen LogP contribution in [-0.4, -0.2) is 23.5 Å². The highest BCUT2D eigenvalue weighted by molar-refractivity contribution is 6.31. The van der Waals surface area contributed by atoms with Gasteiger partial charge in [0.1, 0.15) is 5.75 Å². The van der Waals surface area contributed by atoms with E-state index in [0.717, 1.165) is 5.56 Å². The van der Waals surface area contributed by atoms with Crippen LogP contribution in [0.5, 0.6) is 5.75 Å². The number of phenols is 1. The number of amides is 2. The van der Waals surface area contributed by atoms with Gasteiger partial charge in [-0.15, -0.1) is 0 Å². The Hall–Kier alpha value is -2.53. The van der Waals surface area contributed by atoms with Crippen molar-refractivity contribution in [1.29, 1.82) is 0 Å². The van der Waals surface area contributed by atoms with Crippen LogP contribution < -0.4 is 10.6 Å². The van der Waals surface area contributed by atoms with Crippen molar-refractivity contribution >= 4 is 29.1 Å². The van der Waals surface area contributed by atoms with Crippen molar-refractivity contribution < 1.29 is 14.7 Å². The zero-order valence-corrected chi connectivity index (χ0v) is 14.1. The Morgan fingerprint density at radius 2 is 1.96 bits per heavy atom. The van der Waals surface area contributed by atoms with Crippen LogP contribution in [0.1, 0.15) is 17.5 Å². The second-order valence-electron chi connectivity index (χ2n) is 5.55. The van der Waals surface area contributed by atoms with Gasteiger partial charge < -0.3 is 15.7 Å². The molecule has 0 bridgehead atoms. The summed E-state index contributed by atoms with van der Waals surface area (Å²) in [6.07, 6.45) is 0.134. The molecule has 0 unspecified atom stereocenters. The number of anilines is 1. The SMILES string of the molecule is Cc1cccc(N(CCC(N)=O)C(=O)Cc2ccc(O)cc2Cl)c1. The van der Waals surface area contributed by atoms with Crippen LogP contribution in [0.15, 0.2) is 42.5 Å². The fourth-order valence-corrected chi connectivity index (χ4v) is 2.60. The van der Waals surface area contributed by atoms with Gasteiger partial charge in [-0.25, -0.2) is 0 Å². The Morgan fingerprint density at radius 1 is 1.21 bits per heavy atom. The summed E-state index contributed by atoms with van der Waals surface area (Å²) in [5, 5.41) is 9.73. The molecule has 0 spiro atoms. The maximum Gasteiger partial charge on any atom is 0.231 e. The van der Waals surface area contributed by atoms with Gasteiger partial charge in [-0.3, -0.25) is 9.59 Å². The second-order valence-corrected chi connectivity index (χ2v) is 5.96. The molecule has 0 saturated carbocycles. The topological polar surface area (TPSA) is 83.6 Å². The van der Waals surface area contributed by atoms with Gasteiger partial charge in [0.25, 0.3) is 0 Å². The van der Waals surface area contributed by atoms with Crippen LogP contribution in [0.4, 0.5) is 5.69 Å². The van der Waals surface area contributed by atoms with Gasteiger partial charge >= 0.3 is 0 Å². The van der Waals surface area contributed by atoms with Gasteiger partial charge in [0.05, 0.1) is 6.42 Å². The molecule has 6 heteroatoms. The number of aromatic hydroxyl groups is 1. The van der Waals surface area contributed by atoms with Gasteiger partial charge in [0, 0.05) is 23.7 Å². The zero-order chi connectivity index (χ0) is 17.7. The Kier molecular flexibility index (Phi) is 5.82. The molecule has 5 nitrogen and oxygen atoms in total. The second kappa shape index (κ2) is 7.84. The summed E-state index contributed by atoms with van der Waals surface area (Å²) >= 11 is 6.07. The lowest BCUT2D eigenvalue weighted by Crippen LogP contribution is -2.35. The summed E-state index contributed by atoms with van der Waals surface area (Å²) in [7, 11) is 0. The average molecular weight is 347 g/mol. The van der Waals surface area contributed by atoms with Crippen LogP contribution in [-0.2, 0) is 16.0 Å². The zero-order valence-electron chi connectivity index (χ0n) is 13.3. The van der Waals surface area contributed by atoms with E-state index in [2.05, 4.69) is 0 Å². The summed E-state index contributed by atoms with van der Waals surface area (Å²) < 4.78 is 0. The lowest BCUT2D eigenvalue weighted by Gasteiger charge is -2.23. The number of hydrogen-bond donors (Lipinski definition) is 2. The summed E-state index contributed by atoms with van der Waals surface area (Å²) in [6, 6.07) is 11.9. The third kappa shape index (κ3) is 4.73. The maximum atomic E-state index is 12.7. The van der Waals surface area contributed by atoms with Crippen molar-refractivity contribution in [3.8, 4) is 5.75 Å². The molecule has 0 aliphatic carbocycles. The minimum absolute atomic E-state index is 0.0421. The van der Waals surface area contributed by atoms with Crippen molar-refractivity contribution in [3.63, 3.8) is 0 Å². The fraction of sp³-hybridized carbons (Fsp3) is 0.222. The highest BCUT2D eigenvalue weighted by Crippen LogP contribution is 2.24. The number of phenolic OH excluding ortho intramolecular Hbond substituents is 1. The van der Waals surface area contributed by atoms with Crippen molar-refractivity contribution in [1.82, 2.24) is 0 Å². The van der Waals surface area contributed by atoms with E-state index >= 15 is 0 Å². The third-order valence-electron chi connectivity index (χ3n) is 3.57. The van der Waals surface area contributed by atoms with Gasteiger partial charge in [0.2, 0.25) is 11.8 Å². The van der Waals surface area contributed by atoms with Crippen LogP contribution in [0.3, 0.4) is 0 Å². The molecular weight excluding hydrogens is 328 g/mol. The number of hydrogen-bond acceptors (Lipinski definition) is 3. The van der Waals surface area contributed by atoms with Crippen LogP contribution in [0.2, 0.25) is 5.02 Å². The first-order valence-corrected chi connectivity index (χ1v) is 7.87. The molecule has 2 rings (SSSR count). The molecule has 2 amide bonds. The van der Waals surface area contributed by atoms with Crippen LogP contribution >= 0.6 is 11.6 Å². The van der Waals surface area contributed by atoms with E-state index in [1.807, 2.05) is 31.2 Å². The number of nitrogens with two attached hydrogens (primary N) is 1. The summed E-state index contributed by atoms with van der Waals surface area (Å²) in [5.74, 6) is -0.627. The van der Waals surface area contributed by atoms with E-state index in [1.165, 1.54) is 17.0 Å². The first-order valence-electron chi connectivity index (χ1n) is 7.49. The molecule has 24 heavy (non-hydrogen) atoms.